The van der Waals surface area contributed by atoms with E-state index in [1.165, 1.54) is 23.1 Å². The summed E-state index contributed by atoms with van der Waals surface area (Å²) in [5, 5.41) is 1.67. The van der Waals surface area contributed by atoms with Crippen LogP contribution in [-0.2, 0) is 19.6 Å². The Labute approximate surface area is 181 Å². The first kappa shape index (κ1) is 20.6. The average Bonchev–Trinajstić information content (AvgIpc) is 3.14. The van der Waals surface area contributed by atoms with Gasteiger partial charge in [-0.15, -0.1) is 11.3 Å². The number of anilines is 1. The monoisotopic (exact) mass is 459 g/mol. The second-order valence-corrected chi connectivity index (χ2v) is 10.2. The highest BCUT2D eigenvalue weighted by atomic mass is 32.2. The lowest BCUT2D eigenvalue weighted by atomic mass is 10.2. The number of thioether (sulfide) groups is 1. The molecule has 30 heavy (non-hydrogen) atoms. The van der Waals surface area contributed by atoms with Crippen molar-refractivity contribution in [1.82, 2.24) is 9.97 Å². The van der Waals surface area contributed by atoms with E-state index in [0.717, 1.165) is 25.3 Å². The number of aromatic nitrogens is 2. The average molecular weight is 460 g/mol. The smallest absolute Gasteiger partial charge is 0.316 e. The number of sulfonamides is 1. The van der Waals surface area contributed by atoms with Gasteiger partial charge in [-0.1, -0.05) is 17.8 Å². The standard InChI is InChI=1S/C20H17N3O4S3/c1-2-27-19(24)12-28-20-22-17-6-4-15(10-18(17)29-20)23-30(25,26)16-5-3-13-7-8-21-11-14(13)9-16/h3-11,23H,2,12H2,1H3. The van der Waals surface area contributed by atoms with E-state index in [2.05, 4.69) is 14.7 Å². The first-order chi connectivity index (χ1) is 14.4. The van der Waals surface area contributed by atoms with Gasteiger partial charge >= 0.3 is 5.97 Å². The molecule has 2 aromatic heterocycles. The number of fused-ring (bicyclic) bond motifs is 2. The molecular formula is C20H17N3O4S3. The molecule has 4 aromatic rings. The Kier molecular flexibility index (Phi) is 5.89. The second kappa shape index (κ2) is 8.58. The first-order valence-electron chi connectivity index (χ1n) is 9.00. The van der Waals surface area contributed by atoms with E-state index in [-0.39, 0.29) is 16.6 Å². The summed E-state index contributed by atoms with van der Waals surface area (Å²) in [4.78, 5) is 20.2. The normalized spacial score (nSPS) is 11.6. The summed E-state index contributed by atoms with van der Waals surface area (Å²) in [6, 6.07) is 11.9. The van der Waals surface area contributed by atoms with E-state index in [9.17, 15) is 13.2 Å². The van der Waals surface area contributed by atoms with Crippen LogP contribution in [0.3, 0.4) is 0 Å². The quantitative estimate of drug-likeness (QED) is 0.325. The zero-order chi connectivity index (χ0) is 21.1. The van der Waals surface area contributed by atoms with Crippen LogP contribution in [0, 0.1) is 0 Å². The fourth-order valence-corrected chi connectivity index (χ4v) is 5.79. The van der Waals surface area contributed by atoms with E-state index in [4.69, 9.17) is 4.74 Å². The predicted molar refractivity (Wildman–Crippen MR) is 120 cm³/mol. The van der Waals surface area contributed by atoms with Gasteiger partial charge in [-0.05, 0) is 48.7 Å². The fourth-order valence-electron chi connectivity index (χ4n) is 2.80. The SMILES string of the molecule is CCOC(=O)CSc1nc2ccc(NS(=O)(=O)c3ccc4ccncc4c3)cc2s1. The zero-order valence-electron chi connectivity index (χ0n) is 15.9. The number of hydrogen-bond acceptors (Lipinski definition) is 8. The van der Waals surface area contributed by atoms with E-state index in [1.54, 1.807) is 55.7 Å². The number of ether oxygens (including phenoxy) is 1. The van der Waals surface area contributed by atoms with Gasteiger partial charge in [0.05, 0.1) is 33.2 Å². The van der Waals surface area contributed by atoms with Crippen LogP contribution in [0.25, 0.3) is 21.0 Å². The minimum absolute atomic E-state index is 0.165. The van der Waals surface area contributed by atoms with Gasteiger partial charge in [0.25, 0.3) is 10.0 Å². The molecule has 0 aliphatic rings. The van der Waals surface area contributed by atoms with Crippen LogP contribution in [0.5, 0.6) is 0 Å². The fraction of sp³-hybridized carbons (Fsp3) is 0.150. The summed E-state index contributed by atoms with van der Waals surface area (Å²) < 4.78 is 34.7. The number of nitrogens with zero attached hydrogens (tertiary/aromatic N) is 2. The molecule has 0 amide bonds. The summed E-state index contributed by atoms with van der Waals surface area (Å²) in [7, 11) is -3.75. The molecule has 0 fully saturated rings. The van der Waals surface area contributed by atoms with Gasteiger partial charge in [-0.25, -0.2) is 13.4 Å². The van der Waals surface area contributed by atoms with Crippen LogP contribution in [0.4, 0.5) is 5.69 Å². The Morgan fingerprint density at radius 3 is 2.87 bits per heavy atom. The summed E-state index contributed by atoms with van der Waals surface area (Å²) >= 11 is 2.70. The maximum absolute atomic E-state index is 12.8. The van der Waals surface area contributed by atoms with E-state index in [1.807, 2.05) is 6.07 Å². The van der Waals surface area contributed by atoms with Crippen molar-refractivity contribution >= 4 is 65.8 Å². The molecule has 154 valence electrons. The third-order valence-corrected chi connectivity index (χ3v) is 7.68. The third kappa shape index (κ3) is 4.55. The molecule has 0 saturated carbocycles. The highest BCUT2D eigenvalue weighted by Crippen LogP contribution is 2.32. The summed E-state index contributed by atoms with van der Waals surface area (Å²) in [6.45, 7) is 2.11. The predicted octanol–water partition coefficient (Wildman–Crippen LogP) is 4.30. The van der Waals surface area contributed by atoms with Crippen LogP contribution in [0.1, 0.15) is 6.92 Å². The van der Waals surface area contributed by atoms with Gasteiger partial charge < -0.3 is 4.74 Å². The maximum atomic E-state index is 12.8. The largest absolute Gasteiger partial charge is 0.465 e. The molecular weight excluding hydrogens is 442 g/mol. The Bertz CT molecular complexity index is 1340. The number of nitrogens with one attached hydrogen (secondary N) is 1. The second-order valence-electron chi connectivity index (χ2n) is 6.25. The van der Waals surface area contributed by atoms with Crippen molar-refractivity contribution in [3.05, 3.63) is 54.9 Å². The van der Waals surface area contributed by atoms with Crippen molar-refractivity contribution in [3.63, 3.8) is 0 Å². The molecule has 1 N–H and O–H groups in total. The summed E-state index contributed by atoms with van der Waals surface area (Å²) in [6.07, 6.45) is 3.30. The molecule has 0 spiro atoms. The number of benzene rings is 2. The lowest BCUT2D eigenvalue weighted by Crippen LogP contribution is -2.12. The summed E-state index contributed by atoms with van der Waals surface area (Å²) in [5.41, 5.74) is 1.19. The Morgan fingerprint density at radius 2 is 2.03 bits per heavy atom. The van der Waals surface area contributed by atoms with Gasteiger partial charge in [-0.3, -0.25) is 14.5 Å². The third-order valence-electron chi connectivity index (χ3n) is 4.16. The van der Waals surface area contributed by atoms with Gasteiger partial charge in [0.2, 0.25) is 0 Å². The number of pyridine rings is 1. The van der Waals surface area contributed by atoms with E-state index in [0.29, 0.717) is 12.3 Å². The van der Waals surface area contributed by atoms with Gasteiger partial charge in [0.1, 0.15) is 0 Å². The highest BCUT2D eigenvalue weighted by Gasteiger charge is 2.16. The van der Waals surface area contributed by atoms with Crippen molar-refractivity contribution in [1.29, 1.82) is 0 Å². The van der Waals surface area contributed by atoms with Gasteiger partial charge in [0, 0.05) is 17.8 Å². The maximum Gasteiger partial charge on any atom is 0.316 e. The number of esters is 1. The molecule has 2 heterocycles. The van der Waals surface area contributed by atoms with Crippen LogP contribution in [-0.4, -0.2) is 36.7 Å². The van der Waals surface area contributed by atoms with Crippen LogP contribution < -0.4 is 4.72 Å². The van der Waals surface area contributed by atoms with Crippen LogP contribution in [0.2, 0.25) is 0 Å². The van der Waals surface area contributed by atoms with Crippen LogP contribution in [0.15, 0.2) is 64.1 Å². The van der Waals surface area contributed by atoms with Crippen molar-refractivity contribution in [2.24, 2.45) is 0 Å². The molecule has 0 atom stereocenters. The minimum atomic E-state index is -3.75. The lowest BCUT2D eigenvalue weighted by molar-refractivity contribution is -0.139. The number of hydrogen-bond donors (Lipinski definition) is 1. The Morgan fingerprint density at radius 1 is 1.17 bits per heavy atom. The van der Waals surface area contributed by atoms with Gasteiger partial charge in [0.15, 0.2) is 4.34 Å². The van der Waals surface area contributed by atoms with E-state index >= 15 is 0 Å². The number of carbonyl (C=O) groups excluding carboxylic acids is 1. The molecule has 7 nitrogen and oxygen atoms in total. The molecule has 0 saturated heterocycles. The Hall–Kier alpha value is -2.69. The lowest BCUT2D eigenvalue weighted by Gasteiger charge is -2.09. The van der Waals surface area contributed by atoms with Crippen molar-refractivity contribution in [3.8, 4) is 0 Å². The molecule has 2 aromatic carbocycles. The summed E-state index contributed by atoms with van der Waals surface area (Å²) in [5.74, 6) is -0.106. The molecule has 0 unspecified atom stereocenters. The highest BCUT2D eigenvalue weighted by molar-refractivity contribution is 8.01. The molecule has 0 radical (unpaired) electrons. The van der Waals surface area contributed by atoms with E-state index < -0.39 is 10.0 Å². The van der Waals surface area contributed by atoms with Crippen molar-refractivity contribution < 1.29 is 17.9 Å². The van der Waals surface area contributed by atoms with Crippen molar-refractivity contribution in [2.75, 3.05) is 17.1 Å². The number of carbonyl (C=O) groups is 1. The molecule has 0 bridgehead atoms. The number of rotatable bonds is 7. The van der Waals surface area contributed by atoms with Gasteiger partial charge in [-0.2, -0.15) is 0 Å². The zero-order valence-corrected chi connectivity index (χ0v) is 18.3. The molecule has 4 rings (SSSR count). The molecule has 0 aliphatic heterocycles. The Balaban J connectivity index is 1.54. The van der Waals surface area contributed by atoms with Crippen LogP contribution >= 0.6 is 23.1 Å². The molecule has 0 aliphatic carbocycles. The topological polar surface area (TPSA) is 98.2 Å². The molecule has 10 heteroatoms. The van der Waals surface area contributed by atoms with Crippen molar-refractivity contribution in [2.45, 2.75) is 16.2 Å². The number of thiazole rings is 1. The minimum Gasteiger partial charge on any atom is -0.465 e. The first-order valence-corrected chi connectivity index (χ1v) is 12.3.